The van der Waals surface area contributed by atoms with Crippen LogP contribution in [0.2, 0.25) is 0 Å². The van der Waals surface area contributed by atoms with Crippen LogP contribution in [0.5, 0.6) is 0 Å². The van der Waals surface area contributed by atoms with Crippen LogP contribution in [0.3, 0.4) is 0 Å². The van der Waals surface area contributed by atoms with Gasteiger partial charge in [-0.05, 0) is 0 Å². The lowest BCUT2D eigenvalue weighted by atomic mass is 9.89. The summed E-state index contributed by atoms with van der Waals surface area (Å²) in [5.41, 5.74) is -0.642. The van der Waals surface area contributed by atoms with Crippen LogP contribution in [-0.4, -0.2) is 236 Å². The number of ketones is 2. The van der Waals surface area contributed by atoms with Crippen LogP contribution >= 0.6 is 0 Å². The van der Waals surface area contributed by atoms with Gasteiger partial charge in [0, 0.05) is 23.7 Å². The molecule has 19 heteroatoms. The Morgan fingerprint density at radius 3 is 0.385 bits per heavy atom. The Kier molecular flexibility index (Phi) is 48.1. The molecule has 388 valence electrons. The monoisotopic (exact) mass is 947 g/mol. The van der Waals surface area contributed by atoms with Gasteiger partial charge in [-0.15, -0.1) is 0 Å². The van der Waals surface area contributed by atoms with Crippen LogP contribution in [0.4, 0.5) is 0 Å². The van der Waals surface area contributed by atoms with Gasteiger partial charge in [0.05, 0.1) is 225 Å². The van der Waals surface area contributed by atoms with Crippen molar-refractivity contribution < 1.29 is 90.1 Å². The molecule has 0 unspecified atom stereocenters. The first kappa shape index (κ1) is 63.7. The maximum absolute atomic E-state index is 11.8. The highest BCUT2D eigenvalue weighted by atomic mass is 16.6. The molecule has 0 N–H and O–H groups in total. The van der Waals surface area contributed by atoms with Crippen molar-refractivity contribution in [1.82, 2.24) is 0 Å². The molecule has 0 aromatic carbocycles. The molecule has 19 nitrogen and oxygen atoms in total. The molecule has 0 aliphatic carbocycles. The van der Waals surface area contributed by atoms with E-state index in [4.69, 9.17) is 80.5 Å². The Bertz CT molecular complexity index is 919. The molecule has 0 atom stereocenters. The number of carbonyl (C=O) groups excluding carboxylic acids is 2. The summed E-state index contributed by atoms with van der Waals surface area (Å²) in [6.07, 6.45) is 0.852. The number of hydrogen-bond acceptors (Lipinski definition) is 19. The van der Waals surface area contributed by atoms with Gasteiger partial charge in [-0.2, -0.15) is 0 Å². The second-order valence-corrected chi connectivity index (χ2v) is 16.3. The van der Waals surface area contributed by atoms with Gasteiger partial charge in [0.1, 0.15) is 11.6 Å². The van der Waals surface area contributed by atoms with Gasteiger partial charge in [0.25, 0.3) is 0 Å². The smallest absolute Gasteiger partial charge is 0.140 e. The number of rotatable bonds is 54. The summed E-state index contributed by atoms with van der Waals surface area (Å²) in [6.45, 7) is 27.9. The van der Waals surface area contributed by atoms with Crippen molar-refractivity contribution in [2.75, 3.05) is 225 Å². The molecule has 0 aliphatic rings. The van der Waals surface area contributed by atoms with E-state index in [0.717, 1.165) is 0 Å². The standard InChI is InChI=1S/C46H90O19/c1-45(2,3)43(47)7-9-49-11-13-51-15-17-53-19-21-55-23-25-57-27-29-59-31-33-61-35-37-63-39-41-65-42-40-64-38-36-62-34-32-60-30-28-58-26-24-56-22-20-54-18-16-52-14-12-50-10-8-44(48)46(4,5)6/h7-42H2,1-6H3. The van der Waals surface area contributed by atoms with Crippen molar-refractivity contribution in [2.45, 2.75) is 54.4 Å². The van der Waals surface area contributed by atoms with Crippen LogP contribution in [0.15, 0.2) is 0 Å². The van der Waals surface area contributed by atoms with Gasteiger partial charge in [-0.1, -0.05) is 41.5 Å². The Balaban J connectivity index is 3.11. The van der Waals surface area contributed by atoms with E-state index >= 15 is 0 Å². The summed E-state index contributed by atoms with van der Waals surface area (Å²) < 4.78 is 93.2. The fraction of sp³-hybridized carbons (Fsp3) is 0.957. The normalized spacial score (nSPS) is 12.2. The molecule has 0 rings (SSSR count). The minimum Gasteiger partial charge on any atom is -0.379 e. The molecule has 0 spiro atoms. The molecule has 0 aromatic rings. The Hall–Kier alpha value is -1.34. The molecule has 0 amide bonds. The molecule has 0 saturated carbocycles. The highest BCUT2D eigenvalue weighted by Gasteiger charge is 2.21. The fourth-order valence-electron chi connectivity index (χ4n) is 4.70. The summed E-state index contributed by atoms with van der Waals surface area (Å²) in [5, 5.41) is 0. The second-order valence-electron chi connectivity index (χ2n) is 16.3. The van der Waals surface area contributed by atoms with E-state index in [9.17, 15) is 9.59 Å². The predicted molar refractivity (Wildman–Crippen MR) is 242 cm³/mol. The van der Waals surface area contributed by atoms with E-state index in [-0.39, 0.29) is 22.4 Å². The molecular weight excluding hydrogens is 856 g/mol. The van der Waals surface area contributed by atoms with E-state index in [1.807, 2.05) is 41.5 Å². The average molecular weight is 947 g/mol. The van der Waals surface area contributed by atoms with Crippen LogP contribution in [0.1, 0.15) is 54.4 Å². The topological polar surface area (TPSA) is 191 Å². The number of hydrogen-bond donors (Lipinski definition) is 0. The minimum absolute atomic E-state index is 0.198. The van der Waals surface area contributed by atoms with Crippen LogP contribution in [0, 0.1) is 10.8 Å². The number of carbonyl (C=O) groups is 2. The van der Waals surface area contributed by atoms with Crippen LogP contribution in [0.25, 0.3) is 0 Å². The zero-order valence-corrected chi connectivity index (χ0v) is 41.2. The van der Waals surface area contributed by atoms with Gasteiger partial charge < -0.3 is 80.5 Å². The Morgan fingerprint density at radius 2 is 0.292 bits per heavy atom. The first-order valence-corrected chi connectivity index (χ1v) is 23.4. The van der Waals surface area contributed by atoms with E-state index in [1.54, 1.807) is 0 Å². The maximum atomic E-state index is 11.8. The van der Waals surface area contributed by atoms with Crippen molar-refractivity contribution in [3.63, 3.8) is 0 Å². The molecular formula is C46H90O19. The maximum Gasteiger partial charge on any atom is 0.140 e. The number of ether oxygens (including phenoxy) is 17. The largest absolute Gasteiger partial charge is 0.379 e. The quantitative estimate of drug-likeness (QED) is 0.0807. The van der Waals surface area contributed by atoms with Gasteiger partial charge in [0.15, 0.2) is 0 Å². The second kappa shape index (κ2) is 49.1. The van der Waals surface area contributed by atoms with E-state index < -0.39 is 0 Å². The van der Waals surface area contributed by atoms with Gasteiger partial charge >= 0.3 is 0 Å². The summed E-state index contributed by atoms with van der Waals surface area (Å²) in [5.74, 6) is 0.396. The molecule has 0 aromatic heterocycles. The summed E-state index contributed by atoms with van der Waals surface area (Å²) in [7, 11) is 0. The lowest BCUT2D eigenvalue weighted by molar-refractivity contribution is -0.128. The van der Waals surface area contributed by atoms with Gasteiger partial charge in [-0.25, -0.2) is 0 Å². The van der Waals surface area contributed by atoms with Gasteiger partial charge in [-0.3, -0.25) is 9.59 Å². The van der Waals surface area contributed by atoms with Crippen molar-refractivity contribution in [3.8, 4) is 0 Å². The van der Waals surface area contributed by atoms with Crippen LogP contribution < -0.4 is 0 Å². The third-order valence-electron chi connectivity index (χ3n) is 8.57. The van der Waals surface area contributed by atoms with E-state index in [1.165, 1.54) is 0 Å². The zero-order valence-electron chi connectivity index (χ0n) is 41.2. The Labute approximate surface area is 390 Å². The SMILES string of the molecule is CC(C)(C)C(=O)CCOCCOCCOCCOCCOCCOCCOCCOCCOCCOCCOCCOCCOCCOCCOCCOCCOCCC(=O)C(C)(C)C. The molecule has 0 bridgehead atoms. The number of Topliss-reactive ketones (excluding diaryl/α,β-unsaturated/α-hetero) is 2. The summed E-state index contributed by atoms with van der Waals surface area (Å²) in [4.78, 5) is 23.6. The van der Waals surface area contributed by atoms with E-state index in [0.29, 0.717) is 237 Å². The lowest BCUT2D eigenvalue weighted by Crippen LogP contribution is -2.22. The van der Waals surface area contributed by atoms with Crippen molar-refractivity contribution in [1.29, 1.82) is 0 Å². The first-order valence-electron chi connectivity index (χ1n) is 23.4. The highest BCUT2D eigenvalue weighted by Crippen LogP contribution is 2.17. The average Bonchev–Trinajstić information content (AvgIpc) is 3.27. The molecule has 0 fully saturated rings. The molecule has 0 aliphatic heterocycles. The third kappa shape index (κ3) is 51.9. The van der Waals surface area contributed by atoms with Crippen LogP contribution in [-0.2, 0) is 90.1 Å². The minimum atomic E-state index is -0.321. The molecule has 0 saturated heterocycles. The molecule has 0 heterocycles. The van der Waals surface area contributed by atoms with Crippen molar-refractivity contribution in [2.24, 2.45) is 10.8 Å². The van der Waals surface area contributed by atoms with Crippen molar-refractivity contribution in [3.05, 3.63) is 0 Å². The fourth-order valence-corrected chi connectivity index (χ4v) is 4.70. The zero-order chi connectivity index (χ0) is 47.6. The van der Waals surface area contributed by atoms with Crippen molar-refractivity contribution >= 4 is 11.6 Å². The Morgan fingerprint density at radius 1 is 0.200 bits per heavy atom. The predicted octanol–water partition coefficient (Wildman–Crippen LogP) is 3.28. The molecule has 0 radical (unpaired) electrons. The first-order chi connectivity index (χ1) is 31.5. The highest BCUT2D eigenvalue weighted by molar-refractivity contribution is 5.84. The summed E-state index contributed by atoms with van der Waals surface area (Å²) in [6, 6.07) is 0. The summed E-state index contributed by atoms with van der Waals surface area (Å²) >= 11 is 0. The molecule has 65 heavy (non-hydrogen) atoms. The lowest BCUT2D eigenvalue weighted by Gasteiger charge is -2.16. The van der Waals surface area contributed by atoms with Gasteiger partial charge in [0.2, 0.25) is 0 Å². The third-order valence-corrected chi connectivity index (χ3v) is 8.57. The van der Waals surface area contributed by atoms with E-state index in [2.05, 4.69) is 0 Å².